The second-order valence-corrected chi connectivity index (χ2v) is 6.88. The highest BCUT2D eigenvalue weighted by atomic mass is 32.2. The Labute approximate surface area is 158 Å². The van der Waals surface area contributed by atoms with Gasteiger partial charge in [-0.15, -0.1) is 6.42 Å². The molecule has 1 atom stereocenters. The lowest BCUT2D eigenvalue weighted by molar-refractivity contribution is -0.116. The molecule has 2 aromatic carbocycles. The second-order valence-electron chi connectivity index (χ2n) is 5.74. The zero-order valence-electron chi connectivity index (χ0n) is 14.5. The van der Waals surface area contributed by atoms with Gasteiger partial charge >= 0.3 is 0 Å². The molecule has 0 saturated carbocycles. The number of hydrogen-bond donors (Lipinski definition) is 2. The number of terminal acetylenes is 1. The first kappa shape index (κ1) is 18.0. The standard InChI is InChI=1S/C21H20N2O2S/c1-3-13-25-18-11-7-16(8-12-18)14-19-20(24)23-21(26-19)22-17-9-5-15(4-2)6-10-17/h1,5-12,14,21-22H,4,13H2,2H3,(H,23,24)/b19-14-/t21-/m1/s1. The number of rotatable bonds is 6. The first-order valence-corrected chi connectivity index (χ1v) is 9.27. The van der Waals surface area contributed by atoms with E-state index < -0.39 is 0 Å². The number of carbonyl (C=O) groups excluding carboxylic acids is 1. The molecule has 0 aromatic heterocycles. The van der Waals surface area contributed by atoms with Crippen molar-refractivity contribution in [3.63, 3.8) is 0 Å². The van der Waals surface area contributed by atoms with Gasteiger partial charge in [0.05, 0.1) is 4.91 Å². The Morgan fingerprint density at radius 1 is 1.23 bits per heavy atom. The smallest absolute Gasteiger partial charge is 0.260 e. The summed E-state index contributed by atoms with van der Waals surface area (Å²) in [6, 6.07) is 15.7. The normalized spacial score (nSPS) is 17.6. The molecule has 0 radical (unpaired) electrons. The largest absolute Gasteiger partial charge is 0.481 e. The molecular weight excluding hydrogens is 344 g/mol. The Balaban J connectivity index is 1.63. The van der Waals surface area contributed by atoms with Crippen molar-refractivity contribution in [2.75, 3.05) is 11.9 Å². The predicted octanol–water partition coefficient (Wildman–Crippen LogP) is 3.86. The predicted molar refractivity (Wildman–Crippen MR) is 108 cm³/mol. The van der Waals surface area contributed by atoms with Gasteiger partial charge in [-0.05, 0) is 47.9 Å². The molecule has 1 heterocycles. The van der Waals surface area contributed by atoms with Gasteiger partial charge < -0.3 is 15.4 Å². The van der Waals surface area contributed by atoms with E-state index in [1.807, 2.05) is 42.5 Å². The summed E-state index contributed by atoms with van der Waals surface area (Å²) in [5.41, 5.74) is 3.02. The molecule has 132 valence electrons. The maximum atomic E-state index is 12.2. The number of aryl methyl sites for hydroxylation is 1. The fourth-order valence-corrected chi connectivity index (χ4v) is 3.47. The maximum absolute atomic E-state index is 12.2. The van der Waals surface area contributed by atoms with Crippen LogP contribution in [-0.4, -0.2) is 18.0 Å². The molecule has 4 nitrogen and oxygen atoms in total. The Bertz CT molecular complexity index is 836. The molecular formula is C21H20N2O2S. The third kappa shape index (κ3) is 4.62. The quantitative estimate of drug-likeness (QED) is 0.604. The van der Waals surface area contributed by atoms with Crippen molar-refractivity contribution >= 4 is 29.4 Å². The first-order valence-electron chi connectivity index (χ1n) is 8.39. The lowest BCUT2D eigenvalue weighted by atomic mass is 10.1. The van der Waals surface area contributed by atoms with Crippen LogP contribution in [0.1, 0.15) is 18.1 Å². The molecule has 26 heavy (non-hydrogen) atoms. The SMILES string of the molecule is C#CCOc1ccc(/C=C2\S[C@H](Nc3ccc(CC)cc3)NC2=O)cc1. The molecule has 1 saturated heterocycles. The molecule has 0 bridgehead atoms. The molecule has 0 unspecified atom stereocenters. The van der Waals surface area contributed by atoms with Crippen LogP contribution >= 0.6 is 11.8 Å². The second kappa shape index (κ2) is 8.50. The van der Waals surface area contributed by atoms with Crippen molar-refractivity contribution in [3.05, 3.63) is 64.6 Å². The summed E-state index contributed by atoms with van der Waals surface area (Å²) in [6.45, 7) is 2.37. The lowest BCUT2D eigenvalue weighted by Gasteiger charge is -2.12. The topological polar surface area (TPSA) is 50.4 Å². The molecule has 5 heteroatoms. The van der Waals surface area contributed by atoms with E-state index in [1.165, 1.54) is 17.3 Å². The number of amides is 1. The Hall–Kier alpha value is -2.84. The number of benzene rings is 2. The summed E-state index contributed by atoms with van der Waals surface area (Å²) in [4.78, 5) is 12.9. The van der Waals surface area contributed by atoms with E-state index >= 15 is 0 Å². The summed E-state index contributed by atoms with van der Waals surface area (Å²) < 4.78 is 5.35. The van der Waals surface area contributed by atoms with Gasteiger partial charge in [0.15, 0.2) is 5.50 Å². The molecule has 2 N–H and O–H groups in total. The Kier molecular flexibility index (Phi) is 5.88. The van der Waals surface area contributed by atoms with Gasteiger partial charge in [-0.25, -0.2) is 0 Å². The van der Waals surface area contributed by atoms with Crippen molar-refractivity contribution in [3.8, 4) is 18.1 Å². The van der Waals surface area contributed by atoms with E-state index in [4.69, 9.17) is 11.2 Å². The van der Waals surface area contributed by atoms with Gasteiger partial charge in [0.25, 0.3) is 5.91 Å². The van der Waals surface area contributed by atoms with Crippen LogP contribution < -0.4 is 15.4 Å². The van der Waals surface area contributed by atoms with Crippen LogP contribution in [0.15, 0.2) is 53.4 Å². The average molecular weight is 364 g/mol. The number of carbonyl (C=O) groups is 1. The highest BCUT2D eigenvalue weighted by Crippen LogP contribution is 2.30. The van der Waals surface area contributed by atoms with Crippen molar-refractivity contribution in [2.24, 2.45) is 0 Å². The first-order chi connectivity index (χ1) is 12.7. The van der Waals surface area contributed by atoms with E-state index in [-0.39, 0.29) is 18.0 Å². The van der Waals surface area contributed by atoms with Crippen LogP contribution in [0.3, 0.4) is 0 Å². The molecule has 1 fully saturated rings. The number of nitrogens with one attached hydrogen (secondary N) is 2. The fraction of sp³-hybridized carbons (Fsp3) is 0.190. The molecule has 1 amide bonds. The van der Waals surface area contributed by atoms with Gasteiger partial charge in [-0.1, -0.05) is 48.9 Å². The third-order valence-corrected chi connectivity index (χ3v) is 4.92. The van der Waals surface area contributed by atoms with Crippen molar-refractivity contribution in [1.82, 2.24) is 5.32 Å². The number of thioether (sulfide) groups is 1. The number of hydrogen-bond acceptors (Lipinski definition) is 4. The van der Waals surface area contributed by atoms with Crippen LogP contribution in [0.4, 0.5) is 5.69 Å². The zero-order valence-corrected chi connectivity index (χ0v) is 15.3. The van der Waals surface area contributed by atoms with Gasteiger partial charge in [-0.2, -0.15) is 0 Å². The summed E-state index contributed by atoms with van der Waals surface area (Å²) >= 11 is 1.47. The summed E-state index contributed by atoms with van der Waals surface area (Å²) in [5, 5.41) is 6.26. The molecule has 3 rings (SSSR count). The average Bonchev–Trinajstić information content (AvgIpc) is 3.00. The van der Waals surface area contributed by atoms with Crippen LogP contribution in [-0.2, 0) is 11.2 Å². The van der Waals surface area contributed by atoms with E-state index in [9.17, 15) is 4.79 Å². The Morgan fingerprint density at radius 2 is 1.96 bits per heavy atom. The van der Waals surface area contributed by atoms with Crippen molar-refractivity contribution in [2.45, 2.75) is 18.8 Å². The van der Waals surface area contributed by atoms with Gasteiger partial charge in [0.1, 0.15) is 12.4 Å². The minimum absolute atomic E-state index is 0.0784. The zero-order chi connectivity index (χ0) is 18.4. The molecule has 1 aliphatic heterocycles. The summed E-state index contributed by atoms with van der Waals surface area (Å²) in [5.74, 6) is 3.06. The van der Waals surface area contributed by atoms with E-state index in [0.29, 0.717) is 10.7 Å². The van der Waals surface area contributed by atoms with Gasteiger partial charge in [0.2, 0.25) is 0 Å². The van der Waals surface area contributed by atoms with Crippen molar-refractivity contribution < 1.29 is 9.53 Å². The minimum Gasteiger partial charge on any atom is -0.481 e. The fourth-order valence-electron chi connectivity index (χ4n) is 2.49. The number of anilines is 1. The minimum atomic E-state index is -0.181. The van der Waals surface area contributed by atoms with Gasteiger partial charge in [-0.3, -0.25) is 4.79 Å². The highest BCUT2D eigenvalue weighted by Gasteiger charge is 2.27. The number of ether oxygens (including phenoxy) is 1. The molecule has 2 aromatic rings. The van der Waals surface area contributed by atoms with E-state index in [2.05, 4.69) is 35.6 Å². The summed E-state index contributed by atoms with van der Waals surface area (Å²) in [7, 11) is 0. The molecule has 0 spiro atoms. The van der Waals surface area contributed by atoms with E-state index in [1.54, 1.807) is 0 Å². The van der Waals surface area contributed by atoms with Crippen molar-refractivity contribution in [1.29, 1.82) is 0 Å². The van der Waals surface area contributed by atoms with Crippen LogP contribution in [0.5, 0.6) is 5.75 Å². The van der Waals surface area contributed by atoms with Crippen LogP contribution in [0.2, 0.25) is 0 Å². The van der Waals surface area contributed by atoms with E-state index in [0.717, 1.165) is 17.7 Å². The molecule has 1 aliphatic rings. The highest BCUT2D eigenvalue weighted by molar-refractivity contribution is 8.05. The maximum Gasteiger partial charge on any atom is 0.260 e. The summed E-state index contributed by atoms with van der Waals surface area (Å²) in [6.07, 6.45) is 8.05. The Morgan fingerprint density at radius 3 is 2.62 bits per heavy atom. The van der Waals surface area contributed by atoms with Crippen LogP contribution in [0, 0.1) is 12.3 Å². The monoisotopic (exact) mass is 364 g/mol. The van der Waals surface area contributed by atoms with Crippen LogP contribution in [0.25, 0.3) is 6.08 Å². The lowest BCUT2D eigenvalue weighted by Crippen LogP contribution is -2.30. The molecule has 0 aliphatic carbocycles. The third-order valence-electron chi connectivity index (χ3n) is 3.89. The van der Waals surface area contributed by atoms with Gasteiger partial charge in [0, 0.05) is 5.69 Å².